The SMILES string of the molecule is CC(=O)NC(=Cc1cccc([N+](=O)[O-])c1)C(=O)N1CCCCC1. The lowest BCUT2D eigenvalue weighted by molar-refractivity contribution is -0.384. The van der Waals surface area contributed by atoms with E-state index in [1.54, 1.807) is 17.0 Å². The predicted octanol–water partition coefficient (Wildman–Crippen LogP) is 2.08. The van der Waals surface area contributed by atoms with Crippen LogP contribution >= 0.6 is 0 Å². The molecule has 0 radical (unpaired) electrons. The van der Waals surface area contributed by atoms with Crippen LogP contribution in [0.5, 0.6) is 0 Å². The van der Waals surface area contributed by atoms with Crippen molar-refractivity contribution < 1.29 is 14.5 Å². The van der Waals surface area contributed by atoms with Crippen molar-refractivity contribution in [2.75, 3.05) is 13.1 Å². The molecule has 1 heterocycles. The van der Waals surface area contributed by atoms with E-state index in [1.807, 2.05) is 0 Å². The second kappa shape index (κ2) is 7.53. The summed E-state index contributed by atoms with van der Waals surface area (Å²) in [7, 11) is 0. The lowest BCUT2D eigenvalue weighted by Gasteiger charge is -2.27. The van der Waals surface area contributed by atoms with Gasteiger partial charge in [-0.15, -0.1) is 0 Å². The summed E-state index contributed by atoms with van der Waals surface area (Å²) in [4.78, 5) is 36.0. The minimum Gasteiger partial charge on any atom is -0.337 e. The molecule has 7 heteroatoms. The zero-order valence-corrected chi connectivity index (χ0v) is 12.9. The first-order chi connectivity index (χ1) is 11.0. The Labute approximate surface area is 134 Å². The summed E-state index contributed by atoms with van der Waals surface area (Å²) < 4.78 is 0. The van der Waals surface area contributed by atoms with Gasteiger partial charge in [0.2, 0.25) is 5.91 Å². The van der Waals surface area contributed by atoms with E-state index in [-0.39, 0.29) is 23.2 Å². The van der Waals surface area contributed by atoms with E-state index in [9.17, 15) is 19.7 Å². The molecule has 1 aliphatic heterocycles. The maximum absolute atomic E-state index is 12.6. The predicted molar refractivity (Wildman–Crippen MR) is 85.3 cm³/mol. The number of hydrogen-bond donors (Lipinski definition) is 1. The van der Waals surface area contributed by atoms with Crippen molar-refractivity contribution in [1.29, 1.82) is 0 Å². The number of benzene rings is 1. The lowest BCUT2D eigenvalue weighted by atomic mass is 10.1. The molecule has 0 spiro atoms. The number of nitrogens with zero attached hydrogens (tertiary/aromatic N) is 2. The monoisotopic (exact) mass is 317 g/mol. The summed E-state index contributed by atoms with van der Waals surface area (Å²) in [5, 5.41) is 13.4. The standard InChI is InChI=1S/C16H19N3O4/c1-12(20)17-15(16(21)18-8-3-2-4-9-18)11-13-6-5-7-14(10-13)19(22)23/h5-7,10-11H,2-4,8-9H2,1H3,(H,17,20). The number of nitrogens with one attached hydrogen (secondary N) is 1. The van der Waals surface area contributed by atoms with Crippen LogP contribution in [0.3, 0.4) is 0 Å². The Bertz CT molecular complexity index is 648. The zero-order valence-electron chi connectivity index (χ0n) is 12.9. The van der Waals surface area contributed by atoms with E-state index in [4.69, 9.17) is 0 Å². The fraction of sp³-hybridized carbons (Fsp3) is 0.375. The maximum atomic E-state index is 12.6. The van der Waals surface area contributed by atoms with Gasteiger partial charge in [-0.3, -0.25) is 19.7 Å². The highest BCUT2D eigenvalue weighted by Crippen LogP contribution is 2.17. The number of piperidine rings is 1. The molecule has 122 valence electrons. The van der Waals surface area contributed by atoms with Crippen LogP contribution in [0.4, 0.5) is 5.69 Å². The molecule has 0 aromatic heterocycles. The van der Waals surface area contributed by atoms with Gasteiger partial charge in [0.15, 0.2) is 0 Å². The molecule has 23 heavy (non-hydrogen) atoms. The molecule has 7 nitrogen and oxygen atoms in total. The van der Waals surface area contributed by atoms with Gasteiger partial charge in [-0.2, -0.15) is 0 Å². The number of carbonyl (C=O) groups is 2. The van der Waals surface area contributed by atoms with Crippen LogP contribution in [0.1, 0.15) is 31.7 Å². The summed E-state index contributed by atoms with van der Waals surface area (Å²) in [6, 6.07) is 5.94. The molecule has 2 amide bonds. The number of nitro benzene ring substituents is 1. The van der Waals surface area contributed by atoms with Crippen LogP contribution in [0.25, 0.3) is 6.08 Å². The second-order valence-corrected chi connectivity index (χ2v) is 5.44. The van der Waals surface area contributed by atoms with Crippen molar-refractivity contribution in [2.24, 2.45) is 0 Å². The van der Waals surface area contributed by atoms with Gasteiger partial charge in [-0.25, -0.2) is 0 Å². The highest BCUT2D eigenvalue weighted by atomic mass is 16.6. The van der Waals surface area contributed by atoms with Crippen LogP contribution in [-0.2, 0) is 9.59 Å². The smallest absolute Gasteiger partial charge is 0.270 e. The normalized spacial score (nSPS) is 15.2. The molecule has 1 N–H and O–H groups in total. The highest BCUT2D eigenvalue weighted by molar-refractivity contribution is 6.01. The molecule has 1 aromatic rings. The lowest BCUT2D eigenvalue weighted by Crippen LogP contribution is -2.40. The molecular weight excluding hydrogens is 298 g/mol. The number of nitro groups is 1. The molecule has 0 unspecified atom stereocenters. The van der Waals surface area contributed by atoms with Gasteiger partial charge < -0.3 is 10.2 Å². The fourth-order valence-corrected chi connectivity index (χ4v) is 2.50. The van der Waals surface area contributed by atoms with Gasteiger partial charge in [0.25, 0.3) is 11.6 Å². The molecule has 1 saturated heterocycles. The number of likely N-dealkylation sites (tertiary alicyclic amines) is 1. The number of non-ortho nitro benzene ring substituents is 1. The summed E-state index contributed by atoms with van der Waals surface area (Å²) in [5.41, 5.74) is 0.569. The maximum Gasteiger partial charge on any atom is 0.270 e. The Balaban J connectivity index is 2.29. The summed E-state index contributed by atoms with van der Waals surface area (Å²) in [5.74, 6) is -0.613. The van der Waals surface area contributed by atoms with E-state index < -0.39 is 4.92 Å². The van der Waals surface area contributed by atoms with Gasteiger partial charge in [-0.05, 0) is 30.9 Å². The van der Waals surface area contributed by atoms with Gasteiger partial charge in [-0.1, -0.05) is 12.1 Å². The van der Waals surface area contributed by atoms with Crippen molar-refractivity contribution in [3.05, 3.63) is 45.6 Å². The van der Waals surface area contributed by atoms with Crippen LogP contribution < -0.4 is 5.32 Å². The van der Waals surface area contributed by atoms with Crippen molar-refractivity contribution >= 4 is 23.6 Å². The number of carbonyl (C=O) groups excluding carboxylic acids is 2. The molecule has 1 aliphatic rings. The average Bonchev–Trinajstić information content (AvgIpc) is 2.54. The fourth-order valence-electron chi connectivity index (χ4n) is 2.50. The van der Waals surface area contributed by atoms with Crippen molar-refractivity contribution in [3.63, 3.8) is 0 Å². The van der Waals surface area contributed by atoms with Crippen LogP contribution in [0.15, 0.2) is 30.0 Å². The van der Waals surface area contributed by atoms with Crippen LogP contribution in [-0.4, -0.2) is 34.7 Å². The Morgan fingerprint density at radius 2 is 1.96 bits per heavy atom. The second-order valence-electron chi connectivity index (χ2n) is 5.44. The van der Waals surface area contributed by atoms with Crippen molar-refractivity contribution in [1.82, 2.24) is 10.2 Å². The molecular formula is C16H19N3O4. The van der Waals surface area contributed by atoms with E-state index in [1.165, 1.54) is 25.1 Å². The molecule has 2 rings (SSSR count). The number of rotatable bonds is 4. The van der Waals surface area contributed by atoms with Crippen molar-refractivity contribution in [2.45, 2.75) is 26.2 Å². The molecule has 1 fully saturated rings. The first kappa shape index (κ1) is 16.7. The van der Waals surface area contributed by atoms with E-state index in [2.05, 4.69) is 5.32 Å². The largest absolute Gasteiger partial charge is 0.337 e. The Kier molecular flexibility index (Phi) is 5.46. The minimum absolute atomic E-state index is 0.0636. The van der Waals surface area contributed by atoms with Gasteiger partial charge >= 0.3 is 0 Å². The average molecular weight is 317 g/mol. The molecule has 0 saturated carbocycles. The number of amides is 2. The highest BCUT2D eigenvalue weighted by Gasteiger charge is 2.21. The van der Waals surface area contributed by atoms with Crippen molar-refractivity contribution in [3.8, 4) is 0 Å². The Hall–Kier alpha value is -2.70. The third kappa shape index (κ3) is 4.64. The van der Waals surface area contributed by atoms with Crippen LogP contribution in [0, 0.1) is 10.1 Å². The molecule has 0 atom stereocenters. The first-order valence-corrected chi connectivity index (χ1v) is 7.50. The van der Waals surface area contributed by atoms with E-state index in [0.29, 0.717) is 18.7 Å². The summed E-state index contributed by atoms with van der Waals surface area (Å²) in [6.07, 6.45) is 4.45. The minimum atomic E-state index is -0.498. The third-order valence-electron chi connectivity index (χ3n) is 3.58. The van der Waals surface area contributed by atoms with Gasteiger partial charge in [0.1, 0.15) is 5.70 Å². The molecule has 0 aliphatic carbocycles. The zero-order chi connectivity index (χ0) is 16.8. The molecule has 1 aromatic carbocycles. The Morgan fingerprint density at radius 3 is 2.57 bits per heavy atom. The quantitative estimate of drug-likeness (QED) is 0.523. The van der Waals surface area contributed by atoms with E-state index in [0.717, 1.165) is 19.3 Å². The summed E-state index contributed by atoms with van der Waals surface area (Å²) in [6.45, 7) is 2.64. The van der Waals surface area contributed by atoms with Crippen LogP contribution in [0.2, 0.25) is 0 Å². The summed E-state index contributed by atoms with van der Waals surface area (Å²) >= 11 is 0. The number of hydrogen-bond acceptors (Lipinski definition) is 4. The third-order valence-corrected chi connectivity index (χ3v) is 3.58. The molecule has 0 bridgehead atoms. The van der Waals surface area contributed by atoms with E-state index >= 15 is 0 Å². The Morgan fingerprint density at radius 1 is 1.26 bits per heavy atom. The van der Waals surface area contributed by atoms with Gasteiger partial charge in [0.05, 0.1) is 4.92 Å². The topological polar surface area (TPSA) is 92.5 Å². The first-order valence-electron chi connectivity index (χ1n) is 7.50. The van der Waals surface area contributed by atoms with Gasteiger partial charge in [0, 0.05) is 32.1 Å².